The average Bonchev–Trinajstić information content (AvgIpc) is 3.03. The summed E-state index contributed by atoms with van der Waals surface area (Å²) in [7, 11) is 1.67. The number of ether oxygens (including phenoxy) is 1. The highest BCUT2D eigenvalue weighted by Gasteiger charge is 2.30. The molecule has 172 valence electrons. The second kappa shape index (κ2) is 11.1. The Bertz CT molecular complexity index is 894. The van der Waals surface area contributed by atoms with Gasteiger partial charge in [0, 0.05) is 38.3 Å². The summed E-state index contributed by atoms with van der Waals surface area (Å²) in [5.41, 5.74) is 2.91. The van der Waals surface area contributed by atoms with Crippen LogP contribution in [0.2, 0.25) is 0 Å². The zero-order valence-corrected chi connectivity index (χ0v) is 19.6. The molecule has 2 aromatic carbocycles. The summed E-state index contributed by atoms with van der Waals surface area (Å²) in [6, 6.07) is 15.0. The fourth-order valence-electron chi connectivity index (χ4n) is 3.98. The topological polar surface area (TPSA) is 61.9 Å². The van der Waals surface area contributed by atoms with Crippen LogP contribution in [-0.4, -0.2) is 60.9 Å². The minimum absolute atomic E-state index is 0.00626. The van der Waals surface area contributed by atoms with E-state index in [4.69, 9.17) is 4.74 Å². The third-order valence-corrected chi connectivity index (χ3v) is 6.00. The van der Waals surface area contributed by atoms with Gasteiger partial charge in [-0.2, -0.15) is 0 Å². The van der Waals surface area contributed by atoms with Gasteiger partial charge in [0.15, 0.2) is 0 Å². The monoisotopic (exact) mass is 437 g/mol. The molecule has 0 saturated carbocycles. The van der Waals surface area contributed by atoms with Crippen LogP contribution in [0.15, 0.2) is 48.5 Å². The Morgan fingerprint density at radius 2 is 1.66 bits per heavy atom. The maximum absolute atomic E-state index is 13.3. The first-order valence-corrected chi connectivity index (χ1v) is 11.4. The van der Waals surface area contributed by atoms with Gasteiger partial charge in [-0.3, -0.25) is 14.5 Å². The molecular formula is C26H35N3O3. The lowest BCUT2D eigenvalue weighted by atomic mass is 10.0. The van der Waals surface area contributed by atoms with Crippen LogP contribution in [0.3, 0.4) is 0 Å². The fourth-order valence-corrected chi connectivity index (χ4v) is 3.98. The molecule has 6 heteroatoms. The minimum Gasteiger partial charge on any atom is -0.497 e. The molecule has 32 heavy (non-hydrogen) atoms. The minimum atomic E-state index is -0.531. The maximum atomic E-state index is 13.3. The summed E-state index contributed by atoms with van der Waals surface area (Å²) in [5, 5.41) is 2.98. The molecule has 0 unspecified atom stereocenters. The van der Waals surface area contributed by atoms with Gasteiger partial charge in [-0.25, -0.2) is 0 Å². The van der Waals surface area contributed by atoms with E-state index in [9.17, 15) is 9.59 Å². The standard InChI is InChI=1S/C26H35N3O3/c1-19(2)24(27-25(30)22-10-6-20(3)7-11-22)26(31)29-15-5-14-28(16-17-29)18-21-8-12-23(32-4)13-9-21/h6-13,19,24H,5,14-18H2,1-4H3,(H,27,30)/t24-/m0/s1. The molecule has 0 aromatic heterocycles. The zero-order valence-electron chi connectivity index (χ0n) is 19.6. The molecule has 1 atom stereocenters. The number of aryl methyl sites for hydroxylation is 1. The van der Waals surface area contributed by atoms with E-state index in [1.165, 1.54) is 5.56 Å². The number of amides is 2. The van der Waals surface area contributed by atoms with E-state index in [2.05, 4.69) is 22.3 Å². The van der Waals surface area contributed by atoms with E-state index in [1.54, 1.807) is 19.2 Å². The Morgan fingerprint density at radius 1 is 0.969 bits per heavy atom. The van der Waals surface area contributed by atoms with E-state index < -0.39 is 6.04 Å². The van der Waals surface area contributed by atoms with Crippen molar-refractivity contribution in [3.63, 3.8) is 0 Å². The van der Waals surface area contributed by atoms with E-state index in [0.29, 0.717) is 18.7 Å². The second-order valence-electron chi connectivity index (χ2n) is 8.86. The number of hydrogen-bond donors (Lipinski definition) is 1. The van der Waals surface area contributed by atoms with Gasteiger partial charge in [0.2, 0.25) is 5.91 Å². The molecule has 1 saturated heterocycles. The SMILES string of the molecule is COc1ccc(CN2CCCN(C(=O)[C@@H](NC(=O)c3ccc(C)cc3)C(C)C)CC2)cc1. The molecule has 1 aliphatic rings. The summed E-state index contributed by atoms with van der Waals surface area (Å²) in [6.45, 7) is 9.92. The number of carbonyl (C=O) groups is 2. The van der Waals surface area contributed by atoms with Crippen molar-refractivity contribution in [2.24, 2.45) is 5.92 Å². The Balaban J connectivity index is 1.59. The van der Waals surface area contributed by atoms with Crippen molar-refractivity contribution in [1.82, 2.24) is 15.1 Å². The molecule has 2 amide bonds. The summed E-state index contributed by atoms with van der Waals surface area (Å²) in [5.74, 6) is 0.670. The van der Waals surface area contributed by atoms with E-state index in [1.807, 2.05) is 49.9 Å². The number of rotatable bonds is 7. The molecule has 1 fully saturated rings. The highest BCUT2D eigenvalue weighted by molar-refractivity contribution is 5.97. The van der Waals surface area contributed by atoms with Crippen LogP contribution in [0.4, 0.5) is 0 Å². The van der Waals surface area contributed by atoms with Crippen molar-refractivity contribution >= 4 is 11.8 Å². The lowest BCUT2D eigenvalue weighted by Gasteiger charge is -2.29. The summed E-state index contributed by atoms with van der Waals surface area (Å²) in [4.78, 5) is 30.3. The average molecular weight is 438 g/mol. The van der Waals surface area contributed by atoms with Crippen LogP contribution >= 0.6 is 0 Å². The molecular weight excluding hydrogens is 402 g/mol. The van der Waals surface area contributed by atoms with Gasteiger partial charge in [0.25, 0.3) is 5.91 Å². The quantitative estimate of drug-likeness (QED) is 0.720. The highest BCUT2D eigenvalue weighted by Crippen LogP contribution is 2.16. The third kappa shape index (κ3) is 6.33. The van der Waals surface area contributed by atoms with Crippen molar-refractivity contribution < 1.29 is 14.3 Å². The second-order valence-corrected chi connectivity index (χ2v) is 8.86. The van der Waals surface area contributed by atoms with Gasteiger partial charge in [0.05, 0.1) is 7.11 Å². The summed E-state index contributed by atoms with van der Waals surface area (Å²) < 4.78 is 5.23. The maximum Gasteiger partial charge on any atom is 0.251 e. The first-order valence-electron chi connectivity index (χ1n) is 11.4. The smallest absolute Gasteiger partial charge is 0.251 e. The zero-order chi connectivity index (χ0) is 23.1. The number of benzene rings is 2. The molecule has 6 nitrogen and oxygen atoms in total. The van der Waals surface area contributed by atoms with Crippen LogP contribution in [0.25, 0.3) is 0 Å². The molecule has 0 aliphatic carbocycles. The van der Waals surface area contributed by atoms with Gasteiger partial charge < -0.3 is 15.0 Å². The third-order valence-electron chi connectivity index (χ3n) is 6.00. The Labute approximate surface area is 191 Å². The summed E-state index contributed by atoms with van der Waals surface area (Å²) in [6.07, 6.45) is 0.915. The Hall–Kier alpha value is -2.86. The number of hydrogen-bond acceptors (Lipinski definition) is 4. The fraction of sp³-hybridized carbons (Fsp3) is 0.462. The molecule has 1 heterocycles. The van der Waals surface area contributed by atoms with Gasteiger partial charge >= 0.3 is 0 Å². The van der Waals surface area contributed by atoms with Crippen LogP contribution in [0.1, 0.15) is 41.8 Å². The highest BCUT2D eigenvalue weighted by atomic mass is 16.5. The lowest BCUT2D eigenvalue weighted by Crippen LogP contribution is -2.52. The molecule has 0 bridgehead atoms. The van der Waals surface area contributed by atoms with Crippen molar-refractivity contribution in [3.05, 3.63) is 65.2 Å². The van der Waals surface area contributed by atoms with Crippen LogP contribution in [0, 0.1) is 12.8 Å². The van der Waals surface area contributed by atoms with E-state index in [-0.39, 0.29) is 17.7 Å². The number of methoxy groups -OCH3 is 1. The lowest BCUT2D eigenvalue weighted by molar-refractivity contribution is -0.134. The number of nitrogens with one attached hydrogen (secondary N) is 1. The van der Waals surface area contributed by atoms with Crippen molar-refractivity contribution in [1.29, 1.82) is 0 Å². The first-order chi connectivity index (χ1) is 15.4. The van der Waals surface area contributed by atoms with Crippen molar-refractivity contribution in [3.8, 4) is 5.75 Å². The van der Waals surface area contributed by atoms with Crippen LogP contribution in [-0.2, 0) is 11.3 Å². The normalized spacial score (nSPS) is 15.8. The molecule has 2 aromatic rings. The Kier molecular flexibility index (Phi) is 8.28. The van der Waals surface area contributed by atoms with Gasteiger partial charge in [-0.1, -0.05) is 43.7 Å². The van der Waals surface area contributed by atoms with E-state index in [0.717, 1.165) is 37.4 Å². The molecule has 1 N–H and O–H groups in total. The predicted molar refractivity (Wildman–Crippen MR) is 127 cm³/mol. The molecule has 1 aliphatic heterocycles. The predicted octanol–water partition coefficient (Wildman–Crippen LogP) is 3.49. The molecule has 3 rings (SSSR count). The van der Waals surface area contributed by atoms with Crippen LogP contribution < -0.4 is 10.1 Å². The Morgan fingerprint density at radius 3 is 2.28 bits per heavy atom. The molecule has 0 radical (unpaired) electrons. The number of carbonyl (C=O) groups excluding carboxylic acids is 2. The van der Waals surface area contributed by atoms with Gasteiger partial charge in [0.1, 0.15) is 11.8 Å². The van der Waals surface area contributed by atoms with Crippen LogP contribution in [0.5, 0.6) is 5.75 Å². The van der Waals surface area contributed by atoms with Gasteiger partial charge in [-0.05, 0) is 49.1 Å². The van der Waals surface area contributed by atoms with Crippen molar-refractivity contribution in [2.75, 3.05) is 33.3 Å². The summed E-state index contributed by atoms with van der Waals surface area (Å²) >= 11 is 0. The number of nitrogens with zero attached hydrogens (tertiary/aromatic N) is 2. The van der Waals surface area contributed by atoms with Gasteiger partial charge in [-0.15, -0.1) is 0 Å². The van der Waals surface area contributed by atoms with E-state index >= 15 is 0 Å². The van der Waals surface area contributed by atoms with Crippen molar-refractivity contribution in [2.45, 2.75) is 39.8 Å². The molecule has 0 spiro atoms. The largest absolute Gasteiger partial charge is 0.497 e. The first kappa shape index (κ1) is 23.8.